The predicted octanol–water partition coefficient (Wildman–Crippen LogP) is 1.86. The van der Waals surface area contributed by atoms with Crippen LogP contribution in [0.3, 0.4) is 0 Å². The lowest BCUT2D eigenvalue weighted by molar-refractivity contribution is -0.144. The Morgan fingerprint density at radius 2 is 1.88 bits per heavy atom. The number of nitrogens with zero attached hydrogens (tertiary/aromatic N) is 3. The van der Waals surface area contributed by atoms with Crippen molar-refractivity contribution in [3.8, 4) is 0 Å². The fraction of sp³-hybridized carbons (Fsp3) is 0.412. The summed E-state index contributed by atoms with van der Waals surface area (Å²) >= 11 is 3.42. The molecule has 1 aromatic carbocycles. The van der Waals surface area contributed by atoms with Gasteiger partial charge in [0.15, 0.2) is 0 Å². The molecule has 1 saturated heterocycles. The number of halogens is 1. The minimum Gasteiger partial charge on any atom is -0.480 e. The highest BCUT2D eigenvalue weighted by atomic mass is 79.9. The monoisotopic (exact) mass is 409 g/mol. The van der Waals surface area contributed by atoms with E-state index in [4.69, 9.17) is 5.11 Å². The molecular formula is C17H20BrN3O4. The van der Waals surface area contributed by atoms with Gasteiger partial charge < -0.3 is 19.7 Å². The maximum absolute atomic E-state index is 12.0. The Morgan fingerprint density at radius 3 is 2.48 bits per heavy atom. The molecule has 0 bridgehead atoms. The summed E-state index contributed by atoms with van der Waals surface area (Å²) in [7, 11) is 2.02. The van der Waals surface area contributed by atoms with Crippen LogP contribution < -0.4 is 0 Å². The number of rotatable bonds is 5. The van der Waals surface area contributed by atoms with Crippen molar-refractivity contribution in [1.82, 2.24) is 14.4 Å². The van der Waals surface area contributed by atoms with E-state index in [0.29, 0.717) is 18.7 Å². The molecule has 1 aliphatic rings. The van der Waals surface area contributed by atoms with Crippen molar-refractivity contribution in [1.29, 1.82) is 0 Å². The van der Waals surface area contributed by atoms with Crippen molar-refractivity contribution in [2.45, 2.75) is 12.6 Å². The Balaban J connectivity index is 2.09. The van der Waals surface area contributed by atoms with Crippen molar-refractivity contribution in [2.24, 2.45) is 0 Å². The fourth-order valence-corrected chi connectivity index (χ4v) is 3.72. The van der Waals surface area contributed by atoms with E-state index in [1.54, 1.807) is 10.8 Å². The number of fused-ring (bicyclic) bond motifs is 1. The van der Waals surface area contributed by atoms with E-state index < -0.39 is 18.0 Å². The van der Waals surface area contributed by atoms with Crippen LogP contribution in [0.5, 0.6) is 0 Å². The van der Waals surface area contributed by atoms with E-state index in [-0.39, 0.29) is 6.54 Å². The molecule has 0 saturated carbocycles. The summed E-state index contributed by atoms with van der Waals surface area (Å²) in [4.78, 5) is 27.3. The van der Waals surface area contributed by atoms with Crippen LogP contribution in [0.4, 0.5) is 0 Å². The number of piperazine rings is 1. The first-order valence-electron chi connectivity index (χ1n) is 8.02. The standard InChI is InChI=1S/C17H20BrN3O4/c1-19-4-6-20(7-5-19)16(17(24)25)13-9-21(10-15(22)23)14-3-2-11(18)8-12(13)14/h2-3,8-9,16H,4-7,10H2,1H3,(H,22,23)(H,24,25). The molecule has 8 heteroatoms. The van der Waals surface area contributed by atoms with Crippen LogP contribution >= 0.6 is 15.9 Å². The van der Waals surface area contributed by atoms with Crippen molar-refractivity contribution >= 4 is 38.8 Å². The molecule has 2 aromatic rings. The molecule has 2 heterocycles. The summed E-state index contributed by atoms with van der Waals surface area (Å²) in [6.45, 7) is 2.73. The van der Waals surface area contributed by atoms with Gasteiger partial charge in [0, 0.05) is 53.3 Å². The van der Waals surface area contributed by atoms with Crippen molar-refractivity contribution in [2.75, 3.05) is 33.2 Å². The smallest absolute Gasteiger partial charge is 0.325 e. The fourth-order valence-electron chi connectivity index (χ4n) is 3.36. The second-order valence-electron chi connectivity index (χ2n) is 6.35. The van der Waals surface area contributed by atoms with E-state index in [9.17, 15) is 14.7 Å². The highest BCUT2D eigenvalue weighted by molar-refractivity contribution is 9.10. The van der Waals surface area contributed by atoms with Crippen LogP contribution in [0.1, 0.15) is 11.6 Å². The zero-order chi connectivity index (χ0) is 18.1. The Labute approximate surface area is 153 Å². The molecule has 1 aliphatic heterocycles. The third kappa shape index (κ3) is 3.70. The van der Waals surface area contributed by atoms with Crippen molar-refractivity contribution < 1.29 is 19.8 Å². The average molecular weight is 410 g/mol. The number of hydrogen-bond acceptors (Lipinski definition) is 4. The van der Waals surface area contributed by atoms with Gasteiger partial charge in [-0.05, 0) is 25.2 Å². The predicted molar refractivity (Wildman–Crippen MR) is 96.7 cm³/mol. The van der Waals surface area contributed by atoms with E-state index in [1.807, 2.05) is 30.1 Å². The number of hydrogen-bond donors (Lipinski definition) is 2. The molecule has 0 aliphatic carbocycles. The van der Waals surface area contributed by atoms with Gasteiger partial charge in [0.05, 0.1) is 0 Å². The number of likely N-dealkylation sites (N-methyl/N-ethyl adjacent to an activating group) is 1. The van der Waals surface area contributed by atoms with Gasteiger partial charge in [-0.25, -0.2) is 0 Å². The molecule has 0 radical (unpaired) electrons. The third-order valence-corrected chi connectivity index (χ3v) is 5.10. The lowest BCUT2D eigenvalue weighted by Gasteiger charge is -2.36. The second-order valence-corrected chi connectivity index (χ2v) is 7.26. The number of carboxylic acids is 2. The highest BCUT2D eigenvalue weighted by Gasteiger charge is 2.32. The topological polar surface area (TPSA) is 86.0 Å². The first-order valence-corrected chi connectivity index (χ1v) is 8.81. The summed E-state index contributed by atoms with van der Waals surface area (Å²) in [5, 5.41) is 19.8. The molecule has 2 N–H and O–H groups in total. The minimum absolute atomic E-state index is 0.201. The second kappa shape index (κ2) is 7.15. The summed E-state index contributed by atoms with van der Waals surface area (Å²) in [6.07, 6.45) is 1.67. The SMILES string of the molecule is CN1CCN(C(C(=O)O)c2cn(CC(=O)O)c3ccc(Br)cc23)CC1. The van der Waals surface area contributed by atoms with E-state index >= 15 is 0 Å². The number of aromatic nitrogens is 1. The van der Waals surface area contributed by atoms with E-state index in [2.05, 4.69) is 20.8 Å². The van der Waals surface area contributed by atoms with Gasteiger partial charge in [-0.15, -0.1) is 0 Å². The molecule has 1 aromatic heterocycles. The molecule has 134 valence electrons. The number of aliphatic carboxylic acids is 2. The zero-order valence-electron chi connectivity index (χ0n) is 13.9. The molecule has 1 atom stereocenters. The van der Waals surface area contributed by atoms with Gasteiger partial charge in [-0.2, -0.15) is 0 Å². The summed E-state index contributed by atoms with van der Waals surface area (Å²) in [5.41, 5.74) is 1.36. The quantitative estimate of drug-likeness (QED) is 0.783. The molecular weight excluding hydrogens is 390 g/mol. The molecule has 0 amide bonds. The van der Waals surface area contributed by atoms with Crippen molar-refractivity contribution in [3.05, 3.63) is 34.4 Å². The summed E-state index contributed by atoms with van der Waals surface area (Å²) in [5.74, 6) is -1.88. The van der Waals surface area contributed by atoms with Gasteiger partial charge in [0.25, 0.3) is 0 Å². The first-order chi connectivity index (χ1) is 11.9. The summed E-state index contributed by atoms with van der Waals surface area (Å²) in [6, 6.07) is 4.71. The van der Waals surface area contributed by atoms with E-state index in [0.717, 1.165) is 28.5 Å². The van der Waals surface area contributed by atoms with Crippen LogP contribution in [-0.2, 0) is 16.1 Å². The molecule has 7 nitrogen and oxygen atoms in total. The maximum Gasteiger partial charge on any atom is 0.325 e. The van der Waals surface area contributed by atoms with Crippen LogP contribution in [0.25, 0.3) is 10.9 Å². The number of carboxylic acid groups (broad SMARTS) is 2. The minimum atomic E-state index is -0.960. The lowest BCUT2D eigenvalue weighted by atomic mass is 10.0. The van der Waals surface area contributed by atoms with Gasteiger partial charge in [-0.1, -0.05) is 15.9 Å². The zero-order valence-corrected chi connectivity index (χ0v) is 15.4. The van der Waals surface area contributed by atoms with Crippen LogP contribution in [0.2, 0.25) is 0 Å². The number of carbonyl (C=O) groups is 2. The van der Waals surface area contributed by atoms with Gasteiger partial charge in [0.2, 0.25) is 0 Å². The number of benzene rings is 1. The Bertz CT molecular complexity index is 812. The van der Waals surface area contributed by atoms with Gasteiger partial charge >= 0.3 is 11.9 Å². The van der Waals surface area contributed by atoms with Gasteiger partial charge in [0.1, 0.15) is 12.6 Å². The molecule has 25 heavy (non-hydrogen) atoms. The molecule has 1 fully saturated rings. The Hall–Kier alpha value is -1.90. The van der Waals surface area contributed by atoms with Crippen molar-refractivity contribution in [3.63, 3.8) is 0 Å². The Morgan fingerprint density at radius 1 is 1.20 bits per heavy atom. The average Bonchev–Trinajstić information content (AvgIpc) is 2.86. The van der Waals surface area contributed by atoms with E-state index in [1.165, 1.54) is 0 Å². The molecule has 0 spiro atoms. The molecule has 1 unspecified atom stereocenters. The third-order valence-electron chi connectivity index (χ3n) is 4.61. The maximum atomic E-state index is 12.0. The van der Waals surface area contributed by atoms with Gasteiger partial charge in [-0.3, -0.25) is 14.5 Å². The normalized spacial score (nSPS) is 17.7. The highest BCUT2D eigenvalue weighted by Crippen LogP contribution is 2.33. The van der Waals surface area contributed by atoms with Crippen LogP contribution in [-0.4, -0.2) is 69.7 Å². The molecule has 3 rings (SSSR count). The first kappa shape index (κ1) is 17.9. The Kier molecular flexibility index (Phi) is 5.12. The van der Waals surface area contributed by atoms with Crippen LogP contribution in [0, 0.1) is 0 Å². The lowest BCUT2D eigenvalue weighted by Crippen LogP contribution is -2.47. The van der Waals surface area contributed by atoms with Crippen LogP contribution in [0.15, 0.2) is 28.9 Å². The largest absolute Gasteiger partial charge is 0.480 e. The summed E-state index contributed by atoms with van der Waals surface area (Å²) < 4.78 is 2.43.